The van der Waals surface area contributed by atoms with Gasteiger partial charge in [-0.05, 0) is 50.8 Å². The average Bonchev–Trinajstić information content (AvgIpc) is 3.27. The maximum absolute atomic E-state index is 13.3. The molecule has 2 heterocycles. The zero-order valence-electron chi connectivity index (χ0n) is 18.1. The molecular weight excluding hydrogens is 496 g/mol. The van der Waals surface area contributed by atoms with Gasteiger partial charge in [-0.15, -0.1) is 24.0 Å². The molecule has 2 saturated heterocycles. The fourth-order valence-corrected chi connectivity index (χ4v) is 4.09. The van der Waals surface area contributed by atoms with Gasteiger partial charge >= 0.3 is 0 Å². The fraction of sp³-hybridized carbons (Fsp3) is 0.636. The lowest BCUT2D eigenvalue weighted by atomic mass is 10.1. The molecule has 1 aromatic rings. The van der Waals surface area contributed by atoms with Gasteiger partial charge in [0.15, 0.2) is 5.96 Å². The smallest absolute Gasteiger partial charge is 0.239 e. The number of benzene rings is 1. The van der Waals surface area contributed by atoms with E-state index in [0.717, 1.165) is 70.2 Å². The Kier molecular flexibility index (Phi) is 10.3. The van der Waals surface area contributed by atoms with E-state index in [-0.39, 0.29) is 41.7 Å². The molecule has 1 N–H and O–H groups in total. The van der Waals surface area contributed by atoms with Crippen molar-refractivity contribution in [2.75, 3.05) is 52.4 Å². The lowest BCUT2D eigenvalue weighted by Crippen LogP contribution is -2.57. The van der Waals surface area contributed by atoms with Gasteiger partial charge in [-0.3, -0.25) is 14.7 Å². The third-order valence-corrected chi connectivity index (χ3v) is 5.82. The standard InChI is InChI=1S/C22H34FN5O.HI/c1-3-24-22(25-10-9-19-7-6-8-20(23)17-19)28-15-13-26(14-16-28)18(2)21(29)27-11-4-5-12-27;/h6-8,17-18H,3-5,9-16H2,1-2H3,(H,24,25);1H. The molecule has 0 aromatic heterocycles. The van der Waals surface area contributed by atoms with Crippen LogP contribution in [0.4, 0.5) is 4.39 Å². The highest BCUT2D eigenvalue weighted by Gasteiger charge is 2.30. The predicted molar refractivity (Wildman–Crippen MR) is 130 cm³/mol. The molecule has 1 atom stereocenters. The van der Waals surface area contributed by atoms with Crippen LogP contribution in [-0.4, -0.2) is 85.0 Å². The number of aliphatic imine (C=N–C) groups is 1. The zero-order valence-corrected chi connectivity index (χ0v) is 20.5. The summed E-state index contributed by atoms with van der Waals surface area (Å²) in [6.45, 7) is 10.8. The minimum atomic E-state index is -0.202. The van der Waals surface area contributed by atoms with Gasteiger partial charge in [0.05, 0.1) is 6.04 Å². The molecule has 1 amide bonds. The molecular formula is C22H35FIN5O. The van der Waals surface area contributed by atoms with E-state index < -0.39 is 0 Å². The van der Waals surface area contributed by atoms with Gasteiger partial charge < -0.3 is 15.1 Å². The van der Waals surface area contributed by atoms with Gasteiger partial charge in [0, 0.05) is 52.4 Å². The Hall–Kier alpha value is -1.42. The maximum Gasteiger partial charge on any atom is 0.239 e. The first-order chi connectivity index (χ1) is 14.1. The number of likely N-dealkylation sites (tertiary alicyclic amines) is 1. The number of carbonyl (C=O) groups is 1. The van der Waals surface area contributed by atoms with E-state index in [1.54, 1.807) is 12.1 Å². The largest absolute Gasteiger partial charge is 0.357 e. The zero-order chi connectivity index (χ0) is 20.6. The van der Waals surface area contributed by atoms with Crippen LogP contribution in [0.25, 0.3) is 0 Å². The van der Waals surface area contributed by atoms with Crippen molar-refractivity contribution in [3.63, 3.8) is 0 Å². The van der Waals surface area contributed by atoms with E-state index in [1.807, 2.05) is 17.9 Å². The summed E-state index contributed by atoms with van der Waals surface area (Å²) in [6, 6.07) is 6.65. The Bertz CT molecular complexity index is 703. The van der Waals surface area contributed by atoms with E-state index in [9.17, 15) is 9.18 Å². The van der Waals surface area contributed by atoms with Gasteiger partial charge in [-0.25, -0.2) is 4.39 Å². The fourth-order valence-electron chi connectivity index (χ4n) is 4.09. The minimum absolute atomic E-state index is 0. The summed E-state index contributed by atoms with van der Waals surface area (Å²) in [6.07, 6.45) is 2.97. The highest BCUT2D eigenvalue weighted by Crippen LogP contribution is 2.14. The summed E-state index contributed by atoms with van der Waals surface area (Å²) in [5.41, 5.74) is 0.962. The second kappa shape index (κ2) is 12.4. The molecule has 2 aliphatic rings. The normalized spacial score (nSPS) is 18.8. The van der Waals surface area contributed by atoms with Crippen LogP contribution in [0.15, 0.2) is 29.3 Å². The molecule has 0 saturated carbocycles. The summed E-state index contributed by atoms with van der Waals surface area (Å²) in [7, 11) is 0. The predicted octanol–water partition coefficient (Wildman–Crippen LogP) is 2.58. The van der Waals surface area contributed by atoms with Crippen molar-refractivity contribution in [2.45, 2.75) is 39.2 Å². The first-order valence-corrected chi connectivity index (χ1v) is 10.9. The number of hydrogen-bond acceptors (Lipinski definition) is 3. The van der Waals surface area contributed by atoms with Gasteiger partial charge in [-0.1, -0.05) is 12.1 Å². The SMILES string of the molecule is CCNC(=NCCc1cccc(F)c1)N1CCN(C(C)C(=O)N2CCCC2)CC1.I. The number of nitrogens with zero attached hydrogens (tertiary/aromatic N) is 4. The molecule has 0 aliphatic carbocycles. The van der Waals surface area contributed by atoms with Gasteiger partial charge in [-0.2, -0.15) is 0 Å². The number of piperazine rings is 1. The lowest BCUT2D eigenvalue weighted by Gasteiger charge is -2.39. The monoisotopic (exact) mass is 531 g/mol. The summed E-state index contributed by atoms with van der Waals surface area (Å²) in [4.78, 5) is 24.0. The molecule has 0 spiro atoms. The molecule has 168 valence electrons. The van der Waals surface area contributed by atoms with Crippen LogP contribution in [0, 0.1) is 5.82 Å². The number of rotatable bonds is 6. The minimum Gasteiger partial charge on any atom is -0.357 e. The van der Waals surface area contributed by atoms with E-state index in [0.29, 0.717) is 13.0 Å². The van der Waals surface area contributed by atoms with Crippen LogP contribution in [-0.2, 0) is 11.2 Å². The Morgan fingerprint density at radius 3 is 2.47 bits per heavy atom. The Morgan fingerprint density at radius 1 is 1.13 bits per heavy atom. The topological polar surface area (TPSA) is 51.2 Å². The Balaban J connectivity index is 0.00000320. The molecule has 3 rings (SSSR count). The Morgan fingerprint density at radius 2 is 1.83 bits per heavy atom. The van der Waals surface area contributed by atoms with Crippen molar-refractivity contribution in [1.29, 1.82) is 0 Å². The number of guanidine groups is 1. The third kappa shape index (κ3) is 6.80. The number of halogens is 2. The van der Waals surface area contributed by atoms with E-state index in [1.165, 1.54) is 6.07 Å². The second-order valence-corrected chi connectivity index (χ2v) is 7.85. The van der Waals surface area contributed by atoms with Gasteiger partial charge in [0.25, 0.3) is 0 Å². The molecule has 30 heavy (non-hydrogen) atoms. The van der Waals surface area contributed by atoms with Crippen LogP contribution >= 0.6 is 24.0 Å². The van der Waals surface area contributed by atoms with E-state index >= 15 is 0 Å². The van der Waals surface area contributed by atoms with Crippen molar-refractivity contribution < 1.29 is 9.18 Å². The molecule has 6 nitrogen and oxygen atoms in total. The average molecular weight is 531 g/mol. The van der Waals surface area contributed by atoms with Crippen LogP contribution in [0.3, 0.4) is 0 Å². The second-order valence-electron chi connectivity index (χ2n) is 7.85. The summed E-state index contributed by atoms with van der Waals surface area (Å²) in [5.74, 6) is 0.973. The third-order valence-electron chi connectivity index (χ3n) is 5.82. The number of hydrogen-bond donors (Lipinski definition) is 1. The van der Waals surface area contributed by atoms with E-state index in [4.69, 9.17) is 4.99 Å². The number of carbonyl (C=O) groups excluding carboxylic acids is 1. The van der Waals surface area contributed by atoms with Crippen LogP contribution in [0.5, 0.6) is 0 Å². The van der Waals surface area contributed by atoms with Crippen molar-refractivity contribution in [3.05, 3.63) is 35.6 Å². The summed E-state index contributed by atoms with van der Waals surface area (Å²) >= 11 is 0. The summed E-state index contributed by atoms with van der Waals surface area (Å²) < 4.78 is 13.3. The molecule has 0 bridgehead atoms. The molecule has 1 aromatic carbocycles. The van der Waals surface area contributed by atoms with Gasteiger partial charge in [0.2, 0.25) is 5.91 Å². The van der Waals surface area contributed by atoms with Crippen molar-refractivity contribution in [3.8, 4) is 0 Å². The highest BCUT2D eigenvalue weighted by atomic mass is 127. The first kappa shape index (κ1) is 24.8. The van der Waals surface area contributed by atoms with Gasteiger partial charge in [0.1, 0.15) is 5.82 Å². The summed E-state index contributed by atoms with van der Waals surface area (Å²) in [5, 5.41) is 3.37. The number of amides is 1. The number of nitrogens with one attached hydrogen (secondary N) is 1. The van der Waals surface area contributed by atoms with Crippen molar-refractivity contribution in [1.82, 2.24) is 20.0 Å². The van der Waals surface area contributed by atoms with Crippen molar-refractivity contribution >= 4 is 35.8 Å². The molecule has 8 heteroatoms. The highest BCUT2D eigenvalue weighted by molar-refractivity contribution is 14.0. The Labute approximate surface area is 196 Å². The lowest BCUT2D eigenvalue weighted by molar-refractivity contribution is -0.135. The molecule has 2 fully saturated rings. The van der Waals surface area contributed by atoms with Crippen LogP contribution in [0.2, 0.25) is 0 Å². The molecule has 1 unspecified atom stereocenters. The quantitative estimate of drug-likeness (QED) is 0.349. The first-order valence-electron chi connectivity index (χ1n) is 10.9. The van der Waals surface area contributed by atoms with Crippen molar-refractivity contribution in [2.24, 2.45) is 4.99 Å². The van der Waals surface area contributed by atoms with Crippen LogP contribution in [0.1, 0.15) is 32.3 Å². The molecule has 0 radical (unpaired) electrons. The maximum atomic E-state index is 13.3. The van der Waals surface area contributed by atoms with E-state index in [2.05, 4.69) is 22.0 Å². The molecule has 2 aliphatic heterocycles. The van der Waals surface area contributed by atoms with Crippen LogP contribution < -0.4 is 5.32 Å².